The van der Waals surface area contributed by atoms with Crippen LogP contribution in [0.1, 0.15) is 0 Å². The fourth-order valence-electron chi connectivity index (χ4n) is 6.32. The lowest BCUT2D eigenvalue weighted by molar-refractivity contribution is 1.17. The second-order valence-corrected chi connectivity index (χ2v) is 11.0. The summed E-state index contributed by atoms with van der Waals surface area (Å²) in [5.74, 6) is 0. The van der Waals surface area contributed by atoms with Gasteiger partial charge in [-0.05, 0) is 70.8 Å². The van der Waals surface area contributed by atoms with Crippen LogP contribution in [0.3, 0.4) is 0 Å². The molecule has 0 saturated carbocycles. The number of nitrogens with zero attached hydrogens (tertiary/aromatic N) is 2. The molecule has 1 aromatic heterocycles. The van der Waals surface area contributed by atoms with Gasteiger partial charge in [-0.1, -0.05) is 133 Å². The van der Waals surface area contributed by atoms with E-state index in [2.05, 4.69) is 191 Å². The first kappa shape index (κ1) is 25.8. The molecule has 2 nitrogen and oxygen atoms in total. The molecule has 0 radical (unpaired) electrons. The van der Waals surface area contributed by atoms with Crippen LogP contribution in [-0.2, 0) is 0 Å². The zero-order valence-corrected chi connectivity index (χ0v) is 24.2. The third-order valence-corrected chi connectivity index (χ3v) is 8.39. The van der Waals surface area contributed by atoms with Crippen molar-refractivity contribution in [1.82, 2.24) is 4.57 Å². The number of para-hydroxylation sites is 4. The summed E-state index contributed by atoms with van der Waals surface area (Å²) in [6.07, 6.45) is 0. The molecule has 8 aromatic rings. The maximum atomic E-state index is 2.40. The van der Waals surface area contributed by atoms with Gasteiger partial charge in [0, 0.05) is 27.8 Å². The Hall–Kier alpha value is -5.86. The first-order chi connectivity index (χ1) is 21.8. The molecule has 44 heavy (non-hydrogen) atoms. The van der Waals surface area contributed by atoms with Crippen LogP contribution >= 0.6 is 0 Å². The summed E-state index contributed by atoms with van der Waals surface area (Å²) in [6.45, 7) is 0. The van der Waals surface area contributed by atoms with E-state index in [1.54, 1.807) is 0 Å². The van der Waals surface area contributed by atoms with Gasteiger partial charge in [0.15, 0.2) is 0 Å². The van der Waals surface area contributed by atoms with Crippen LogP contribution in [0.2, 0.25) is 0 Å². The number of fused-ring (bicyclic) bond motifs is 3. The normalized spacial score (nSPS) is 11.2. The van der Waals surface area contributed by atoms with E-state index in [1.807, 2.05) is 0 Å². The molecule has 0 fully saturated rings. The van der Waals surface area contributed by atoms with E-state index in [9.17, 15) is 0 Å². The Morgan fingerprint density at radius 1 is 0.341 bits per heavy atom. The Morgan fingerprint density at radius 2 is 0.818 bits per heavy atom. The van der Waals surface area contributed by atoms with Crippen LogP contribution in [0.5, 0.6) is 0 Å². The lowest BCUT2D eigenvalue weighted by Crippen LogP contribution is -2.11. The van der Waals surface area contributed by atoms with Gasteiger partial charge in [-0.3, -0.25) is 0 Å². The quantitative estimate of drug-likeness (QED) is 0.196. The Labute approximate surface area is 257 Å². The van der Waals surface area contributed by atoms with E-state index in [-0.39, 0.29) is 0 Å². The zero-order chi connectivity index (χ0) is 29.3. The zero-order valence-electron chi connectivity index (χ0n) is 24.2. The predicted octanol–water partition coefficient (Wildman–Crippen LogP) is 11.6. The molecule has 0 amide bonds. The summed E-state index contributed by atoms with van der Waals surface area (Å²) in [5.41, 5.74) is 11.7. The van der Waals surface area contributed by atoms with Crippen LogP contribution in [-0.4, -0.2) is 4.57 Å². The maximum absolute atomic E-state index is 2.40. The minimum Gasteiger partial charge on any atom is -0.308 e. The molecule has 0 spiro atoms. The van der Waals surface area contributed by atoms with Crippen molar-refractivity contribution in [3.8, 4) is 27.9 Å². The minimum absolute atomic E-state index is 1.11. The van der Waals surface area contributed by atoms with Gasteiger partial charge in [-0.25, -0.2) is 0 Å². The molecule has 0 N–H and O–H groups in total. The Balaban J connectivity index is 1.28. The van der Waals surface area contributed by atoms with Crippen molar-refractivity contribution in [2.24, 2.45) is 0 Å². The average molecular weight is 563 g/mol. The van der Waals surface area contributed by atoms with Crippen LogP contribution in [0.4, 0.5) is 17.1 Å². The van der Waals surface area contributed by atoms with Gasteiger partial charge >= 0.3 is 0 Å². The molecule has 0 atom stereocenters. The number of benzene rings is 7. The highest BCUT2D eigenvalue weighted by Crippen LogP contribution is 2.43. The van der Waals surface area contributed by atoms with Crippen molar-refractivity contribution in [1.29, 1.82) is 0 Å². The highest BCUT2D eigenvalue weighted by molar-refractivity contribution is 6.14. The average Bonchev–Trinajstić information content (AvgIpc) is 3.45. The number of aromatic nitrogens is 1. The number of hydrogen-bond donors (Lipinski definition) is 0. The summed E-state index contributed by atoms with van der Waals surface area (Å²) in [6, 6.07) is 65.0. The summed E-state index contributed by atoms with van der Waals surface area (Å²) in [7, 11) is 0. The van der Waals surface area contributed by atoms with Crippen molar-refractivity contribution in [2.45, 2.75) is 0 Å². The number of anilines is 3. The van der Waals surface area contributed by atoms with Gasteiger partial charge in [0.05, 0.1) is 16.7 Å². The molecular formula is C42H30N2. The number of rotatable bonds is 6. The summed E-state index contributed by atoms with van der Waals surface area (Å²) in [4.78, 5) is 2.38. The third kappa shape index (κ3) is 4.54. The predicted molar refractivity (Wildman–Crippen MR) is 186 cm³/mol. The van der Waals surface area contributed by atoms with E-state index in [0.717, 1.165) is 22.7 Å². The fourth-order valence-corrected chi connectivity index (χ4v) is 6.32. The molecule has 7 aromatic carbocycles. The van der Waals surface area contributed by atoms with Gasteiger partial charge in [0.1, 0.15) is 0 Å². The van der Waals surface area contributed by atoms with Crippen LogP contribution in [0.15, 0.2) is 182 Å². The van der Waals surface area contributed by atoms with E-state index >= 15 is 0 Å². The third-order valence-electron chi connectivity index (χ3n) is 8.39. The molecule has 1 heterocycles. The monoisotopic (exact) mass is 562 g/mol. The molecule has 2 heteroatoms. The van der Waals surface area contributed by atoms with Crippen LogP contribution in [0, 0.1) is 0 Å². The molecule has 0 bridgehead atoms. The lowest BCUT2D eigenvalue weighted by Gasteiger charge is -2.27. The largest absolute Gasteiger partial charge is 0.308 e. The van der Waals surface area contributed by atoms with Crippen LogP contribution < -0.4 is 4.90 Å². The van der Waals surface area contributed by atoms with Crippen molar-refractivity contribution in [3.63, 3.8) is 0 Å². The SMILES string of the molecule is c1ccc(-c2ccc(-c3ccc(N(c4ccccc4)c4cccc5c6ccccc6n(-c6ccccc6)c45)cc3)cc2)cc1. The molecule has 0 saturated heterocycles. The van der Waals surface area contributed by atoms with Gasteiger partial charge in [-0.15, -0.1) is 0 Å². The van der Waals surface area contributed by atoms with E-state index in [0.29, 0.717) is 0 Å². The summed E-state index contributed by atoms with van der Waals surface area (Å²) >= 11 is 0. The lowest BCUT2D eigenvalue weighted by atomic mass is 10.00. The second-order valence-electron chi connectivity index (χ2n) is 11.0. The molecule has 0 aliphatic rings. The number of hydrogen-bond acceptors (Lipinski definition) is 1. The van der Waals surface area contributed by atoms with Gasteiger partial charge < -0.3 is 9.47 Å². The van der Waals surface area contributed by atoms with Gasteiger partial charge in [-0.2, -0.15) is 0 Å². The molecular weight excluding hydrogens is 532 g/mol. The Morgan fingerprint density at radius 3 is 1.48 bits per heavy atom. The summed E-state index contributed by atoms with van der Waals surface area (Å²) in [5, 5.41) is 2.48. The van der Waals surface area contributed by atoms with E-state index in [1.165, 1.54) is 44.1 Å². The first-order valence-corrected chi connectivity index (χ1v) is 15.0. The Bertz CT molecular complexity index is 2180. The molecule has 0 aliphatic carbocycles. The highest BCUT2D eigenvalue weighted by Gasteiger charge is 2.21. The van der Waals surface area contributed by atoms with Gasteiger partial charge in [0.2, 0.25) is 0 Å². The summed E-state index contributed by atoms with van der Waals surface area (Å²) < 4.78 is 2.40. The molecule has 0 unspecified atom stereocenters. The van der Waals surface area contributed by atoms with E-state index in [4.69, 9.17) is 0 Å². The molecule has 208 valence electrons. The molecule has 0 aliphatic heterocycles. The minimum atomic E-state index is 1.11. The van der Waals surface area contributed by atoms with Gasteiger partial charge in [0.25, 0.3) is 0 Å². The smallest absolute Gasteiger partial charge is 0.0782 e. The fraction of sp³-hybridized carbons (Fsp3) is 0. The Kier molecular flexibility index (Phi) is 6.51. The highest BCUT2D eigenvalue weighted by atomic mass is 15.2. The van der Waals surface area contributed by atoms with Crippen molar-refractivity contribution < 1.29 is 0 Å². The van der Waals surface area contributed by atoms with E-state index < -0.39 is 0 Å². The maximum Gasteiger partial charge on any atom is 0.0782 e. The topological polar surface area (TPSA) is 8.17 Å². The standard InChI is InChI=1S/C42H30N2/c1-4-13-31(14-5-1)32-23-25-33(26-24-32)34-27-29-37(30-28-34)43(35-15-6-2-7-16-35)41-22-12-20-39-38-19-10-11-21-40(38)44(42(39)41)36-17-8-3-9-18-36/h1-30H. The van der Waals surface area contributed by atoms with Crippen molar-refractivity contribution >= 4 is 38.9 Å². The van der Waals surface area contributed by atoms with Crippen molar-refractivity contribution in [2.75, 3.05) is 4.90 Å². The van der Waals surface area contributed by atoms with Crippen LogP contribution in [0.25, 0.3) is 49.7 Å². The van der Waals surface area contributed by atoms with Crippen molar-refractivity contribution in [3.05, 3.63) is 182 Å². The molecule has 8 rings (SSSR count). The first-order valence-electron chi connectivity index (χ1n) is 15.0. The second kappa shape index (κ2) is 11.1.